The van der Waals surface area contributed by atoms with Gasteiger partial charge in [-0.3, -0.25) is 24.8 Å². The van der Waals surface area contributed by atoms with Crippen LogP contribution in [-0.4, -0.2) is 93.6 Å². The highest BCUT2D eigenvalue weighted by Crippen LogP contribution is 2.49. The average Bonchev–Trinajstić information content (AvgIpc) is 4.03. The number of halogens is 1. The molecule has 7 heterocycles. The fourth-order valence-electron chi connectivity index (χ4n) is 11.0. The number of aliphatic carboxylic acids is 2. The van der Waals surface area contributed by atoms with Crippen LogP contribution in [0.1, 0.15) is 89.9 Å². The Labute approximate surface area is 382 Å². The second-order valence-electron chi connectivity index (χ2n) is 19.0. The summed E-state index contributed by atoms with van der Waals surface area (Å²) in [5.74, 6) is 3.47. The Morgan fingerprint density at radius 3 is 1.55 bits per heavy atom. The summed E-state index contributed by atoms with van der Waals surface area (Å²) in [4.78, 5) is 50.8. The molecule has 15 nitrogen and oxygen atoms in total. The van der Waals surface area contributed by atoms with Gasteiger partial charge in [0.15, 0.2) is 23.3 Å². The number of piperidine rings is 2. The van der Waals surface area contributed by atoms with E-state index < -0.39 is 11.9 Å². The van der Waals surface area contributed by atoms with E-state index in [1.54, 1.807) is 12.4 Å². The number of pyridine rings is 3. The molecule has 2 saturated carbocycles. The van der Waals surface area contributed by atoms with E-state index in [4.69, 9.17) is 31.5 Å². The van der Waals surface area contributed by atoms with Gasteiger partial charge in [-0.1, -0.05) is 23.7 Å². The zero-order valence-electron chi connectivity index (χ0n) is 36.4. The van der Waals surface area contributed by atoms with Crippen LogP contribution >= 0.6 is 11.6 Å². The number of H-pyrrole nitrogens is 2. The minimum Gasteiger partial charge on any atom is -0.481 e. The number of hydrogen-bond acceptors (Lipinski definition) is 11. The number of aromatic amines is 2. The van der Waals surface area contributed by atoms with E-state index in [1.165, 1.54) is 0 Å². The lowest BCUT2D eigenvalue weighted by atomic mass is 9.65. The Hall–Kier alpha value is -6.22. The van der Waals surface area contributed by atoms with E-state index in [1.807, 2.05) is 60.9 Å². The maximum Gasteiger partial charge on any atom is 0.303 e. The predicted octanol–water partition coefficient (Wildman–Crippen LogP) is 9.60. The molecule has 2 spiro atoms. The van der Waals surface area contributed by atoms with Gasteiger partial charge in [-0.05, 0) is 136 Å². The van der Waals surface area contributed by atoms with Crippen molar-refractivity contribution in [2.45, 2.75) is 89.9 Å². The van der Waals surface area contributed by atoms with Crippen LogP contribution in [0.4, 0.5) is 11.6 Å². The van der Waals surface area contributed by atoms with Gasteiger partial charge in [0.2, 0.25) is 0 Å². The van der Waals surface area contributed by atoms with E-state index in [-0.39, 0.29) is 0 Å². The molecular weight excluding hydrogens is 842 g/mol. The fraction of sp³-hybridized carbons (Fsp3) is 0.449. The first-order valence-corrected chi connectivity index (χ1v) is 23.4. The molecule has 5 aromatic heterocycles. The summed E-state index contributed by atoms with van der Waals surface area (Å²) in [5, 5.41) is 34.1. The average molecular weight is 896 g/mol. The van der Waals surface area contributed by atoms with E-state index in [2.05, 4.69) is 35.2 Å². The largest absolute Gasteiger partial charge is 0.481 e. The topological polar surface area (TPSA) is 203 Å². The highest BCUT2D eigenvalue weighted by Gasteiger charge is 2.40. The summed E-state index contributed by atoms with van der Waals surface area (Å²) < 4.78 is 0. The lowest BCUT2D eigenvalue weighted by molar-refractivity contribution is -0.139. The molecule has 2 aliphatic carbocycles. The molecule has 1 aromatic carbocycles. The molecule has 0 amide bonds. The van der Waals surface area contributed by atoms with Crippen LogP contribution in [0.25, 0.3) is 56.7 Å². The molecule has 10 rings (SSSR count). The van der Waals surface area contributed by atoms with Crippen molar-refractivity contribution in [2.24, 2.45) is 22.7 Å². The lowest BCUT2D eigenvalue weighted by Crippen LogP contribution is -2.42. The Bertz CT molecular complexity index is 2630. The molecule has 336 valence electrons. The Morgan fingerprint density at radius 1 is 0.585 bits per heavy atom. The van der Waals surface area contributed by atoms with Crippen molar-refractivity contribution >= 4 is 35.2 Å². The normalized spacial score (nSPS) is 18.9. The van der Waals surface area contributed by atoms with Crippen LogP contribution in [0.2, 0.25) is 5.02 Å². The van der Waals surface area contributed by atoms with Crippen LogP contribution < -0.4 is 9.80 Å². The van der Waals surface area contributed by atoms with Crippen molar-refractivity contribution < 1.29 is 19.8 Å². The first-order valence-electron chi connectivity index (χ1n) is 23.1. The SMILES string of the molecule is O=C(O)CC1CCC2(CC1)CCN(c1ccc(-c3n[nH]c(-c4ccc(-c5cncc(-c6n[nH]c(-c7ccc(N8CCC9(CCC(CC(=O)O)CC9)CC8)nc7)n6)c5)c(Cl)c4)n3)cn1)CC2. The number of carbonyl (C=O) groups is 2. The van der Waals surface area contributed by atoms with Crippen LogP contribution in [0.15, 0.2) is 73.3 Å². The highest BCUT2D eigenvalue weighted by molar-refractivity contribution is 6.33. The fourth-order valence-corrected chi connectivity index (χ4v) is 11.3. The predicted molar refractivity (Wildman–Crippen MR) is 248 cm³/mol. The van der Waals surface area contributed by atoms with Crippen LogP contribution in [0.5, 0.6) is 0 Å². The summed E-state index contributed by atoms with van der Waals surface area (Å²) in [6.45, 7) is 3.82. The van der Waals surface area contributed by atoms with E-state index >= 15 is 0 Å². The number of nitrogens with one attached hydrogen (secondary N) is 2. The van der Waals surface area contributed by atoms with Gasteiger partial charge in [-0.15, -0.1) is 0 Å². The Balaban J connectivity index is 0.741. The Kier molecular flexibility index (Phi) is 11.8. The molecule has 0 bridgehead atoms. The zero-order valence-corrected chi connectivity index (χ0v) is 37.2. The van der Waals surface area contributed by atoms with Gasteiger partial charge in [0.25, 0.3) is 0 Å². The molecule has 65 heavy (non-hydrogen) atoms. The minimum atomic E-state index is -0.678. The number of aromatic nitrogens is 9. The minimum absolute atomic E-state index is 0.299. The summed E-state index contributed by atoms with van der Waals surface area (Å²) >= 11 is 6.92. The number of nitrogens with zero attached hydrogens (tertiary/aromatic N) is 9. The number of benzene rings is 1. The van der Waals surface area contributed by atoms with Crippen molar-refractivity contribution in [1.82, 2.24) is 45.3 Å². The smallest absolute Gasteiger partial charge is 0.303 e. The number of hydrogen-bond donors (Lipinski definition) is 4. The van der Waals surface area contributed by atoms with Gasteiger partial charge in [0, 0.05) is 102 Å². The molecule has 0 atom stereocenters. The molecule has 2 aliphatic heterocycles. The summed E-state index contributed by atoms with van der Waals surface area (Å²) in [6, 6.07) is 15.9. The number of carboxylic acid groups (broad SMARTS) is 2. The lowest BCUT2D eigenvalue weighted by Gasteiger charge is -2.46. The third-order valence-corrected chi connectivity index (χ3v) is 15.4. The van der Waals surface area contributed by atoms with Crippen LogP contribution in [0.3, 0.4) is 0 Å². The summed E-state index contributed by atoms with van der Waals surface area (Å²) in [5.41, 5.74) is 5.51. The van der Waals surface area contributed by atoms with Crippen LogP contribution in [0, 0.1) is 22.7 Å². The zero-order chi connectivity index (χ0) is 44.5. The molecule has 2 saturated heterocycles. The molecular formula is C49H54ClN11O4. The second kappa shape index (κ2) is 18.0. The third-order valence-electron chi connectivity index (χ3n) is 15.1. The molecule has 4 fully saturated rings. The molecule has 0 unspecified atom stereocenters. The Morgan fingerprint density at radius 2 is 1.06 bits per heavy atom. The van der Waals surface area contributed by atoms with Crippen molar-refractivity contribution in [1.29, 1.82) is 0 Å². The first-order chi connectivity index (χ1) is 31.6. The quantitative estimate of drug-likeness (QED) is 0.0958. The summed E-state index contributed by atoms with van der Waals surface area (Å²) in [6.07, 6.45) is 20.8. The van der Waals surface area contributed by atoms with Crippen molar-refractivity contribution in [3.05, 3.63) is 78.3 Å². The van der Waals surface area contributed by atoms with Crippen molar-refractivity contribution in [2.75, 3.05) is 36.0 Å². The highest BCUT2D eigenvalue weighted by atomic mass is 35.5. The first kappa shape index (κ1) is 42.7. The third kappa shape index (κ3) is 9.33. The number of rotatable bonds is 11. The van der Waals surface area contributed by atoms with Gasteiger partial charge >= 0.3 is 11.9 Å². The molecule has 6 aromatic rings. The number of carboxylic acids is 2. The monoisotopic (exact) mass is 895 g/mol. The summed E-state index contributed by atoms with van der Waals surface area (Å²) in [7, 11) is 0. The molecule has 0 radical (unpaired) electrons. The van der Waals surface area contributed by atoms with Gasteiger partial charge in [0.05, 0.1) is 0 Å². The molecule has 4 N–H and O–H groups in total. The van der Waals surface area contributed by atoms with E-state index in [9.17, 15) is 19.8 Å². The van der Waals surface area contributed by atoms with E-state index in [0.29, 0.717) is 63.8 Å². The van der Waals surface area contributed by atoms with E-state index in [0.717, 1.165) is 148 Å². The molecule has 4 aliphatic rings. The van der Waals surface area contributed by atoms with Gasteiger partial charge in [-0.25, -0.2) is 19.9 Å². The van der Waals surface area contributed by atoms with Crippen LogP contribution in [-0.2, 0) is 9.59 Å². The number of anilines is 2. The van der Waals surface area contributed by atoms with Gasteiger partial charge < -0.3 is 20.0 Å². The second-order valence-corrected chi connectivity index (χ2v) is 19.4. The standard InChI is InChI=1S/C49H54ClN11O4/c50-39-26-33(44-54-45(57-56-44)34-2-5-40(52-29-34)60-19-15-48(16-20-60)11-7-31(8-12-48)23-42(62)63)1-4-38(39)36-25-37(28-51-27-36)47-55-46(58-59-47)35-3-6-41(53-30-35)61-21-17-49(18-22-61)13-9-32(10-14-49)24-43(64)65/h1-6,25-32H,7-24H2,(H,62,63)(H,64,65)(H,54,56,57)(H,55,58,59). The van der Waals surface area contributed by atoms with Gasteiger partial charge in [0.1, 0.15) is 11.6 Å². The maximum atomic E-state index is 11.2. The molecule has 16 heteroatoms. The van der Waals surface area contributed by atoms with Crippen molar-refractivity contribution in [3.8, 4) is 56.7 Å². The van der Waals surface area contributed by atoms with Gasteiger partial charge in [-0.2, -0.15) is 10.2 Å². The van der Waals surface area contributed by atoms with Crippen molar-refractivity contribution in [3.63, 3.8) is 0 Å². The maximum absolute atomic E-state index is 11.2.